The van der Waals surface area contributed by atoms with E-state index in [0.29, 0.717) is 31.2 Å². The monoisotopic (exact) mass is 437 g/mol. The first kappa shape index (κ1) is 25.1. The molecule has 3 N–H and O–H groups in total. The van der Waals surface area contributed by atoms with Crippen LogP contribution in [-0.4, -0.2) is 52.8 Å². The molecule has 0 aromatic carbocycles. The fraction of sp³-hybridized carbons (Fsp3) is 0.833. The van der Waals surface area contributed by atoms with Gasteiger partial charge in [0, 0.05) is 6.54 Å². The van der Waals surface area contributed by atoms with E-state index in [1.807, 2.05) is 0 Å². The third-order valence-corrected chi connectivity index (χ3v) is 5.63. The first-order valence-corrected chi connectivity index (χ1v) is 9.83. The van der Waals surface area contributed by atoms with Gasteiger partial charge in [0.25, 0.3) is 0 Å². The van der Waals surface area contributed by atoms with Crippen LogP contribution in [0, 0.1) is 0 Å². The van der Waals surface area contributed by atoms with Gasteiger partial charge in [0.2, 0.25) is 11.8 Å². The Balaban J connectivity index is 0.00000196. The van der Waals surface area contributed by atoms with Crippen molar-refractivity contribution in [2.24, 2.45) is 5.73 Å². The lowest BCUT2D eigenvalue weighted by Gasteiger charge is -2.28. The SMILES string of the molecule is CCN(CC)Cc1nc(C2(NC(=O)[C@@H]3CC[C@H](CN)O3)CCCC2)no1.Cl.Cl. The molecule has 2 fully saturated rings. The van der Waals surface area contributed by atoms with Crippen LogP contribution in [0.3, 0.4) is 0 Å². The predicted molar refractivity (Wildman–Crippen MR) is 111 cm³/mol. The van der Waals surface area contributed by atoms with Gasteiger partial charge in [0.15, 0.2) is 5.82 Å². The van der Waals surface area contributed by atoms with Crippen molar-refractivity contribution >= 4 is 30.7 Å². The Morgan fingerprint density at radius 1 is 1.25 bits per heavy atom. The Morgan fingerprint density at radius 3 is 2.50 bits per heavy atom. The number of carbonyl (C=O) groups is 1. The second kappa shape index (κ2) is 11.3. The summed E-state index contributed by atoms with van der Waals surface area (Å²) >= 11 is 0. The molecule has 3 rings (SSSR count). The standard InChI is InChI=1S/C18H31N5O3.2ClH/c1-3-23(4-2)12-15-20-17(22-26-15)18(9-5-6-10-18)21-16(24)14-8-7-13(11-19)25-14;;/h13-14H,3-12,19H2,1-2H3,(H,21,24);2*1H/t13-,14+;;/m1../s1. The van der Waals surface area contributed by atoms with E-state index >= 15 is 0 Å². The average Bonchev–Trinajstić information content (AvgIpc) is 3.39. The zero-order valence-electron chi connectivity index (χ0n) is 16.7. The van der Waals surface area contributed by atoms with E-state index in [0.717, 1.165) is 45.2 Å². The number of aromatic nitrogens is 2. The van der Waals surface area contributed by atoms with Crippen molar-refractivity contribution in [2.75, 3.05) is 19.6 Å². The van der Waals surface area contributed by atoms with E-state index < -0.39 is 11.6 Å². The molecule has 1 saturated heterocycles. The van der Waals surface area contributed by atoms with Crippen LogP contribution in [0.2, 0.25) is 0 Å². The fourth-order valence-corrected chi connectivity index (χ4v) is 3.92. The first-order chi connectivity index (χ1) is 12.6. The number of rotatable bonds is 8. The number of nitrogens with one attached hydrogen (secondary N) is 1. The van der Waals surface area contributed by atoms with Gasteiger partial charge in [0.1, 0.15) is 11.6 Å². The number of nitrogens with zero attached hydrogens (tertiary/aromatic N) is 3. The van der Waals surface area contributed by atoms with E-state index in [2.05, 4.69) is 34.2 Å². The molecule has 2 aliphatic rings. The fourth-order valence-electron chi connectivity index (χ4n) is 3.92. The van der Waals surface area contributed by atoms with Crippen molar-refractivity contribution in [1.82, 2.24) is 20.4 Å². The van der Waals surface area contributed by atoms with E-state index in [-0.39, 0.29) is 36.8 Å². The minimum atomic E-state index is -0.535. The summed E-state index contributed by atoms with van der Waals surface area (Å²) in [6.07, 6.45) is 4.83. The zero-order chi connectivity index (χ0) is 18.6. The van der Waals surface area contributed by atoms with Crippen molar-refractivity contribution in [2.45, 2.75) is 76.7 Å². The highest BCUT2D eigenvalue weighted by Crippen LogP contribution is 2.38. The third-order valence-electron chi connectivity index (χ3n) is 5.63. The number of halogens is 2. The number of nitrogens with two attached hydrogens (primary N) is 1. The predicted octanol–water partition coefficient (Wildman–Crippen LogP) is 2.15. The molecule has 2 atom stereocenters. The summed E-state index contributed by atoms with van der Waals surface area (Å²) in [6.45, 7) is 7.16. The van der Waals surface area contributed by atoms with E-state index in [1.54, 1.807) is 0 Å². The normalized spacial score (nSPS) is 23.3. The minimum Gasteiger partial charge on any atom is -0.364 e. The topological polar surface area (TPSA) is 107 Å². The summed E-state index contributed by atoms with van der Waals surface area (Å²) in [5.74, 6) is 1.11. The van der Waals surface area contributed by atoms with Gasteiger partial charge in [-0.15, -0.1) is 24.8 Å². The molecule has 1 aliphatic heterocycles. The van der Waals surface area contributed by atoms with Crippen LogP contribution in [0.5, 0.6) is 0 Å². The second-order valence-corrected chi connectivity index (χ2v) is 7.31. The lowest BCUT2D eigenvalue weighted by Crippen LogP contribution is -2.48. The van der Waals surface area contributed by atoms with Gasteiger partial charge in [0.05, 0.1) is 12.6 Å². The van der Waals surface area contributed by atoms with Gasteiger partial charge >= 0.3 is 0 Å². The number of hydrogen-bond acceptors (Lipinski definition) is 7. The Bertz CT molecular complexity index is 606. The molecule has 28 heavy (non-hydrogen) atoms. The highest BCUT2D eigenvalue weighted by molar-refractivity contribution is 5.85. The van der Waals surface area contributed by atoms with Crippen molar-refractivity contribution in [3.05, 3.63) is 11.7 Å². The Kier molecular flexibility index (Phi) is 10.1. The lowest BCUT2D eigenvalue weighted by molar-refractivity contribution is -0.134. The molecule has 10 heteroatoms. The molecule has 8 nitrogen and oxygen atoms in total. The molecule has 2 heterocycles. The minimum absolute atomic E-state index is 0. The van der Waals surface area contributed by atoms with Gasteiger partial charge in [-0.1, -0.05) is 31.8 Å². The molecule has 0 bridgehead atoms. The summed E-state index contributed by atoms with van der Waals surface area (Å²) in [7, 11) is 0. The quantitative estimate of drug-likeness (QED) is 0.641. The van der Waals surface area contributed by atoms with Crippen LogP contribution in [0.25, 0.3) is 0 Å². The van der Waals surface area contributed by atoms with Crippen LogP contribution >= 0.6 is 24.8 Å². The maximum absolute atomic E-state index is 12.7. The van der Waals surface area contributed by atoms with Crippen molar-refractivity contribution < 1.29 is 14.1 Å². The highest BCUT2D eigenvalue weighted by atomic mass is 35.5. The first-order valence-electron chi connectivity index (χ1n) is 9.83. The van der Waals surface area contributed by atoms with E-state index in [9.17, 15) is 4.79 Å². The second-order valence-electron chi connectivity index (χ2n) is 7.31. The van der Waals surface area contributed by atoms with E-state index in [4.69, 9.17) is 15.0 Å². The van der Waals surface area contributed by atoms with Crippen LogP contribution < -0.4 is 11.1 Å². The largest absolute Gasteiger partial charge is 0.364 e. The molecule has 0 unspecified atom stereocenters. The maximum Gasteiger partial charge on any atom is 0.249 e. The van der Waals surface area contributed by atoms with E-state index in [1.165, 1.54) is 0 Å². The molecule has 162 valence electrons. The van der Waals surface area contributed by atoms with Crippen LogP contribution in [0.15, 0.2) is 4.52 Å². The molecule has 1 aromatic rings. The number of hydrogen-bond donors (Lipinski definition) is 2. The van der Waals surface area contributed by atoms with Crippen LogP contribution in [-0.2, 0) is 21.6 Å². The summed E-state index contributed by atoms with van der Waals surface area (Å²) in [5, 5.41) is 7.40. The van der Waals surface area contributed by atoms with Gasteiger partial charge in [-0.05, 0) is 38.8 Å². The molecule has 0 radical (unpaired) electrons. The molecular formula is C18H33Cl2N5O3. The Labute approximate surface area is 179 Å². The smallest absolute Gasteiger partial charge is 0.249 e. The molecule has 1 amide bonds. The highest BCUT2D eigenvalue weighted by Gasteiger charge is 2.43. The number of ether oxygens (including phenoxy) is 1. The Morgan fingerprint density at radius 2 is 1.93 bits per heavy atom. The van der Waals surface area contributed by atoms with Crippen molar-refractivity contribution in [3.8, 4) is 0 Å². The number of carbonyl (C=O) groups excluding carboxylic acids is 1. The van der Waals surface area contributed by atoms with Crippen molar-refractivity contribution in [1.29, 1.82) is 0 Å². The summed E-state index contributed by atoms with van der Waals surface area (Å²) in [5.41, 5.74) is 5.11. The Hall–Kier alpha value is -0.930. The molecule has 1 aliphatic carbocycles. The number of amides is 1. The van der Waals surface area contributed by atoms with Gasteiger partial charge in [-0.3, -0.25) is 9.69 Å². The van der Waals surface area contributed by atoms with Crippen LogP contribution in [0.4, 0.5) is 0 Å². The van der Waals surface area contributed by atoms with Gasteiger partial charge < -0.3 is 20.3 Å². The summed E-state index contributed by atoms with van der Waals surface area (Å²) in [4.78, 5) is 19.6. The molecule has 0 spiro atoms. The summed E-state index contributed by atoms with van der Waals surface area (Å²) in [6, 6.07) is 0. The molecule has 1 saturated carbocycles. The summed E-state index contributed by atoms with van der Waals surface area (Å²) < 4.78 is 11.2. The molecular weight excluding hydrogens is 405 g/mol. The van der Waals surface area contributed by atoms with Gasteiger partial charge in [-0.25, -0.2) is 0 Å². The van der Waals surface area contributed by atoms with Crippen molar-refractivity contribution in [3.63, 3.8) is 0 Å². The lowest BCUT2D eigenvalue weighted by atomic mass is 9.96. The maximum atomic E-state index is 12.7. The zero-order valence-corrected chi connectivity index (χ0v) is 18.3. The van der Waals surface area contributed by atoms with Gasteiger partial charge in [-0.2, -0.15) is 4.98 Å². The van der Waals surface area contributed by atoms with Crippen LogP contribution in [0.1, 0.15) is 64.1 Å². The molecule has 1 aromatic heterocycles. The average molecular weight is 438 g/mol. The third kappa shape index (κ3) is 5.57.